The highest BCUT2D eigenvalue weighted by molar-refractivity contribution is 5.73. The minimum absolute atomic E-state index is 0.125. The minimum Gasteiger partial charge on any atom is -0.394 e. The van der Waals surface area contributed by atoms with Crippen molar-refractivity contribution in [3.8, 4) is 0 Å². The Bertz CT molecular complexity index is 150. The van der Waals surface area contributed by atoms with Crippen molar-refractivity contribution in [2.24, 2.45) is 0 Å². The molecule has 0 aliphatic carbocycles. The van der Waals surface area contributed by atoms with Gasteiger partial charge in [-0.05, 0) is 12.8 Å². The van der Waals surface area contributed by atoms with E-state index in [-0.39, 0.29) is 18.6 Å². The van der Waals surface area contributed by atoms with Crippen LogP contribution in [0.1, 0.15) is 33.1 Å². The van der Waals surface area contributed by atoms with E-state index in [9.17, 15) is 9.90 Å². The number of hydrogen-bond donors (Lipinski definition) is 3. The van der Waals surface area contributed by atoms with Crippen LogP contribution in [0, 0.1) is 0 Å². The Balaban J connectivity index is 3.75. The van der Waals surface area contributed by atoms with E-state index >= 15 is 0 Å². The van der Waals surface area contributed by atoms with Gasteiger partial charge in [0.2, 0.25) is 5.91 Å². The summed E-state index contributed by atoms with van der Waals surface area (Å²) in [7, 11) is 0. The van der Waals surface area contributed by atoms with Gasteiger partial charge >= 0.3 is 0 Å². The van der Waals surface area contributed by atoms with E-state index in [1.807, 2.05) is 6.92 Å². The molecule has 0 heterocycles. The predicted octanol–water partition coefficient (Wildman–Crippen LogP) is 0.0345. The standard InChI is InChI=1S/C9H19NO3/c1-3-4-9(13)5-8(6-11)10-7(2)12/h8-9,11,13H,3-6H2,1-2H3,(H,10,12)/t8-,9-/m0/s1. The quantitative estimate of drug-likeness (QED) is 0.552. The van der Waals surface area contributed by atoms with Crippen LogP contribution in [0.25, 0.3) is 0 Å². The van der Waals surface area contributed by atoms with E-state index in [0.717, 1.165) is 6.42 Å². The van der Waals surface area contributed by atoms with Gasteiger partial charge in [-0.25, -0.2) is 0 Å². The molecule has 0 aromatic rings. The average Bonchev–Trinajstić information content (AvgIpc) is 2.02. The molecule has 0 aromatic heterocycles. The number of amides is 1. The molecule has 0 fully saturated rings. The third-order valence-electron chi connectivity index (χ3n) is 1.81. The zero-order valence-electron chi connectivity index (χ0n) is 8.29. The number of aliphatic hydroxyl groups excluding tert-OH is 2. The first-order chi connectivity index (χ1) is 6.10. The van der Waals surface area contributed by atoms with Crippen LogP contribution in [0.5, 0.6) is 0 Å². The number of aliphatic hydroxyl groups is 2. The fraction of sp³-hybridized carbons (Fsp3) is 0.889. The lowest BCUT2D eigenvalue weighted by Crippen LogP contribution is -2.38. The maximum atomic E-state index is 10.6. The minimum atomic E-state index is -0.436. The zero-order chi connectivity index (χ0) is 10.3. The molecular weight excluding hydrogens is 170 g/mol. The summed E-state index contributed by atoms with van der Waals surface area (Å²) < 4.78 is 0. The van der Waals surface area contributed by atoms with Crippen molar-refractivity contribution in [2.45, 2.75) is 45.3 Å². The molecule has 0 aliphatic rings. The van der Waals surface area contributed by atoms with Gasteiger partial charge in [0.25, 0.3) is 0 Å². The Morgan fingerprint density at radius 1 is 1.54 bits per heavy atom. The van der Waals surface area contributed by atoms with Crippen molar-refractivity contribution in [1.82, 2.24) is 5.32 Å². The van der Waals surface area contributed by atoms with Crippen molar-refractivity contribution in [3.63, 3.8) is 0 Å². The molecule has 0 bridgehead atoms. The molecule has 3 N–H and O–H groups in total. The SMILES string of the molecule is CCC[C@H](O)C[C@@H](CO)NC(C)=O. The van der Waals surface area contributed by atoms with Crippen LogP contribution in [-0.2, 0) is 4.79 Å². The Morgan fingerprint density at radius 3 is 2.54 bits per heavy atom. The predicted molar refractivity (Wildman–Crippen MR) is 50.2 cm³/mol. The van der Waals surface area contributed by atoms with Gasteiger partial charge < -0.3 is 15.5 Å². The first kappa shape index (κ1) is 12.4. The molecule has 0 spiro atoms. The third-order valence-corrected chi connectivity index (χ3v) is 1.81. The second-order valence-corrected chi connectivity index (χ2v) is 3.26. The largest absolute Gasteiger partial charge is 0.394 e. The molecule has 0 aliphatic heterocycles. The Morgan fingerprint density at radius 2 is 2.15 bits per heavy atom. The van der Waals surface area contributed by atoms with E-state index < -0.39 is 6.10 Å². The monoisotopic (exact) mass is 189 g/mol. The highest BCUT2D eigenvalue weighted by Crippen LogP contribution is 2.04. The van der Waals surface area contributed by atoms with Gasteiger partial charge in [-0.1, -0.05) is 13.3 Å². The van der Waals surface area contributed by atoms with Crippen LogP contribution in [0.3, 0.4) is 0 Å². The molecule has 0 rings (SSSR count). The second kappa shape index (κ2) is 6.86. The summed E-state index contributed by atoms with van der Waals surface area (Å²) in [6.45, 7) is 3.25. The number of carbonyl (C=O) groups is 1. The average molecular weight is 189 g/mol. The van der Waals surface area contributed by atoms with Gasteiger partial charge in [-0.3, -0.25) is 4.79 Å². The summed E-state index contributed by atoms with van der Waals surface area (Å²) in [5, 5.41) is 20.8. The van der Waals surface area contributed by atoms with Crippen molar-refractivity contribution in [1.29, 1.82) is 0 Å². The van der Waals surface area contributed by atoms with Crippen LogP contribution in [0.2, 0.25) is 0 Å². The summed E-state index contributed by atoms with van der Waals surface area (Å²) in [4.78, 5) is 10.6. The molecule has 1 amide bonds. The molecule has 4 nitrogen and oxygen atoms in total. The van der Waals surface area contributed by atoms with Crippen LogP contribution in [-0.4, -0.2) is 34.9 Å². The van der Waals surface area contributed by atoms with Gasteiger partial charge in [-0.2, -0.15) is 0 Å². The number of rotatable bonds is 6. The van der Waals surface area contributed by atoms with E-state index in [0.29, 0.717) is 12.8 Å². The Hall–Kier alpha value is -0.610. The summed E-state index contributed by atoms with van der Waals surface area (Å²) in [5.74, 6) is -0.178. The lowest BCUT2D eigenvalue weighted by atomic mass is 10.1. The van der Waals surface area contributed by atoms with Crippen molar-refractivity contribution in [3.05, 3.63) is 0 Å². The van der Waals surface area contributed by atoms with Crippen molar-refractivity contribution in [2.75, 3.05) is 6.61 Å². The molecule has 0 unspecified atom stereocenters. The third kappa shape index (κ3) is 6.54. The molecular formula is C9H19NO3. The Labute approximate surface area is 79.0 Å². The second-order valence-electron chi connectivity index (χ2n) is 3.26. The van der Waals surface area contributed by atoms with E-state index in [4.69, 9.17) is 5.11 Å². The highest BCUT2D eigenvalue weighted by atomic mass is 16.3. The van der Waals surface area contributed by atoms with Crippen molar-refractivity contribution >= 4 is 5.91 Å². The first-order valence-corrected chi connectivity index (χ1v) is 4.66. The molecule has 13 heavy (non-hydrogen) atoms. The summed E-state index contributed by atoms with van der Waals surface area (Å²) in [6.07, 6.45) is 1.59. The van der Waals surface area contributed by atoms with Crippen LogP contribution in [0.4, 0.5) is 0 Å². The normalized spacial score (nSPS) is 15.1. The van der Waals surface area contributed by atoms with E-state index in [2.05, 4.69) is 5.32 Å². The van der Waals surface area contributed by atoms with E-state index in [1.54, 1.807) is 0 Å². The van der Waals surface area contributed by atoms with Gasteiger partial charge in [0.1, 0.15) is 0 Å². The molecule has 0 saturated heterocycles. The van der Waals surface area contributed by atoms with Crippen LogP contribution in [0.15, 0.2) is 0 Å². The smallest absolute Gasteiger partial charge is 0.217 e. The maximum Gasteiger partial charge on any atom is 0.217 e. The lowest BCUT2D eigenvalue weighted by molar-refractivity contribution is -0.120. The van der Waals surface area contributed by atoms with Crippen LogP contribution >= 0.6 is 0 Å². The van der Waals surface area contributed by atoms with Gasteiger partial charge in [0.05, 0.1) is 18.8 Å². The van der Waals surface area contributed by atoms with Gasteiger partial charge in [0, 0.05) is 6.92 Å². The zero-order valence-corrected chi connectivity index (χ0v) is 8.29. The van der Waals surface area contributed by atoms with Crippen LogP contribution < -0.4 is 5.32 Å². The number of hydrogen-bond acceptors (Lipinski definition) is 3. The fourth-order valence-corrected chi connectivity index (χ4v) is 1.25. The summed E-state index contributed by atoms with van der Waals surface area (Å²) >= 11 is 0. The molecule has 78 valence electrons. The molecule has 0 saturated carbocycles. The highest BCUT2D eigenvalue weighted by Gasteiger charge is 2.13. The van der Waals surface area contributed by atoms with E-state index in [1.165, 1.54) is 6.92 Å². The topological polar surface area (TPSA) is 69.6 Å². The molecule has 0 aromatic carbocycles. The fourth-order valence-electron chi connectivity index (χ4n) is 1.25. The van der Waals surface area contributed by atoms with Gasteiger partial charge in [0.15, 0.2) is 0 Å². The summed E-state index contributed by atoms with van der Waals surface area (Å²) in [6, 6.07) is -0.320. The first-order valence-electron chi connectivity index (χ1n) is 4.66. The number of nitrogens with one attached hydrogen (secondary N) is 1. The molecule has 2 atom stereocenters. The maximum absolute atomic E-state index is 10.6. The lowest BCUT2D eigenvalue weighted by Gasteiger charge is -2.18. The molecule has 0 radical (unpaired) electrons. The number of carbonyl (C=O) groups excluding carboxylic acids is 1. The molecule has 4 heteroatoms. The van der Waals surface area contributed by atoms with Gasteiger partial charge in [-0.15, -0.1) is 0 Å². The van der Waals surface area contributed by atoms with Crippen molar-refractivity contribution < 1.29 is 15.0 Å². The summed E-state index contributed by atoms with van der Waals surface area (Å²) in [5.41, 5.74) is 0. The Kier molecular flexibility index (Phi) is 6.54.